The lowest BCUT2D eigenvalue weighted by molar-refractivity contribution is 0.181. The van der Waals surface area contributed by atoms with Gasteiger partial charge in [0, 0.05) is 25.3 Å². The Morgan fingerprint density at radius 1 is 1.17 bits per heavy atom. The topological polar surface area (TPSA) is 59.1 Å². The van der Waals surface area contributed by atoms with Crippen LogP contribution in [-0.4, -0.2) is 36.7 Å². The van der Waals surface area contributed by atoms with Crippen LogP contribution in [0.4, 0.5) is 5.82 Å². The molecule has 0 atom stereocenters. The van der Waals surface area contributed by atoms with Crippen LogP contribution in [0, 0.1) is 12.8 Å². The van der Waals surface area contributed by atoms with Crippen LogP contribution in [0.5, 0.6) is 0 Å². The largest absolute Gasteiger partial charge is 0.378 e. The van der Waals surface area contributed by atoms with Crippen LogP contribution in [0.1, 0.15) is 24.1 Å². The predicted octanol–water partition coefficient (Wildman–Crippen LogP) is 3.01. The normalized spacial score (nSPS) is 15.4. The average Bonchev–Trinajstić information content (AvgIpc) is 2.62. The van der Waals surface area contributed by atoms with Crippen LogP contribution in [0.25, 0.3) is 11.4 Å². The van der Waals surface area contributed by atoms with E-state index in [1.165, 1.54) is 18.4 Å². The van der Waals surface area contributed by atoms with Crippen molar-refractivity contribution in [3.05, 3.63) is 41.6 Å². The lowest BCUT2D eigenvalue weighted by atomic mass is 9.98. The monoisotopic (exact) mass is 326 g/mol. The maximum atomic E-state index is 5.26. The third-order valence-electron chi connectivity index (χ3n) is 4.41. The number of hydrogen-bond acceptors (Lipinski definition) is 5. The molecule has 1 aliphatic rings. The minimum Gasteiger partial charge on any atom is -0.378 e. The fourth-order valence-corrected chi connectivity index (χ4v) is 2.98. The van der Waals surface area contributed by atoms with Gasteiger partial charge in [-0.3, -0.25) is 0 Å². The molecule has 5 nitrogen and oxygen atoms in total. The second-order valence-corrected chi connectivity index (χ2v) is 6.44. The Balaban J connectivity index is 1.78. The summed E-state index contributed by atoms with van der Waals surface area (Å²) >= 11 is 0. The molecule has 1 saturated heterocycles. The van der Waals surface area contributed by atoms with Crippen LogP contribution in [0.3, 0.4) is 0 Å². The first-order chi connectivity index (χ1) is 11.7. The smallest absolute Gasteiger partial charge is 0.161 e. The van der Waals surface area contributed by atoms with Crippen molar-refractivity contribution in [2.24, 2.45) is 5.92 Å². The molecule has 2 aromatic rings. The Labute approximate surface area is 143 Å². The number of benzene rings is 1. The highest BCUT2D eigenvalue weighted by atomic mass is 16.5. The van der Waals surface area contributed by atoms with E-state index in [2.05, 4.69) is 46.8 Å². The number of hydrogen-bond donors (Lipinski definition) is 2. The summed E-state index contributed by atoms with van der Waals surface area (Å²) in [5, 5.41) is 6.90. The number of rotatable bonds is 6. The van der Waals surface area contributed by atoms with E-state index in [1.807, 2.05) is 6.07 Å². The van der Waals surface area contributed by atoms with E-state index >= 15 is 0 Å². The van der Waals surface area contributed by atoms with Gasteiger partial charge in [0.05, 0.1) is 12.3 Å². The molecule has 1 aromatic carbocycles. The lowest BCUT2D eigenvalue weighted by Crippen LogP contribution is -2.31. The number of nitrogens with zero attached hydrogens (tertiary/aromatic N) is 2. The molecule has 0 amide bonds. The molecule has 1 fully saturated rings. The fourth-order valence-electron chi connectivity index (χ4n) is 2.98. The van der Waals surface area contributed by atoms with E-state index < -0.39 is 0 Å². The fraction of sp³-hybridized carbons (Fsp3) is 0.474. The van der Waals surface area contributed by atoms with Crippen LogP contribution in [0.2, 0.25) is 0 Å². The molecule has 0 spiro atoms. The molecule has 0 bridgehead atoms. The van der Waals surface area contributed by atoms with Crippen molar-refractivity contribution in [2.75, 3.05) is 32.1 Å². The highest BCUT2D eigenvalue weighted by molar-refractivity contribution is 5.58. The van der Waals surface area contributed by atoms with Crippen molar-refractivity contribution >= 4 is 5.82 Å². The summed E-state index contributed by atoms with van der Waals surface area (Å²) in [6.07, 6.45) is 2.43. The zero-order valence-corrected chi connectivity index (χ0v) is 14.5. The first-order valence-corrected chi connectivity index (χ1v) is 8.63. The van der Waals surface area contributed by atoms with E-state index in [0.717, 1.165) is 42.5 Å². The molecule has 0 saturated carbocycles. The standard InChI is InChI=1S/C19H26N4O/c1-14-3-5-16(6-4-14)19-22-17(13-24-2)11-18(23-19)21-12-15-7-9-20-10-8-15/h3-6,11,15,20H,7-10,12-13H2,1-2H3,(H,21,22,23). The SMILES string of the molecule is COCc1cc(NCC2CCNCC2)nc(-c2ccc(C)cc2)n1. The van der Waals surface area contributed by atoms with Gasteiger partial charge >= 0.3 is 0 Å². The Kier molecular flexibility index (Phi) is 5.77. The van der Waals surface area contributed by atoms with E-state index in [-0.39, 0.29) is 0 Å². The van der Waals surface area contributed by atoms with E-state index in [9.17, 15) is 0 Å². The highest BCUT2D eigenvalue weighted by Crippen LogP contribution is 2.20. The lowest BCUT2D eigenvalue weighted by Gasteiger charge is -2.23. The Bertz CT molecular complexity index is 651. The minimum atomic E-state index is 0.489. The van der Waals surface area contributed by atoms with E-state index in [1.54, 1.807) is 7.11 Å². The zero-order valence-electron chi connectivity index (χ0n) is 14.5. The number of methoxy groups -OCH3 is 1. The molecule has 5 heteroatoms. The third kappa shape index (κ3) is 4.52. The van der Waals surface area contributed by atoms with Crippen molar-refractivity contribution in [2.45, 2.75) is 26.4 Å². The molecule has 0 radical (unpaired) electrons. The number of nitrogens with one attached hydrogen (secondary N) is 2. The molecule has 2 N–H and O–H groups in total. The van der Waals surface area contributed by atoms with Crippen LogP contribution in [-0.2, 0) is 11.3 Å². The van der Waals surface area contributed by atoms with Gasteiger partial charge in [-0.2, -0.15) is 0 Å². The maximum absolute atomic E-state index is 5.26. The summed E-state index contributed by atoms with van der Waals surface area (Å²) in [5.74, 6) is 2.33. The Morgan fingerprint density at radius 2 is 1.92 bits per heavy atom. The Hall–Kier alpha value is -1.98. The molecular formula is C19H26N4O. The van der Waals surface area contributed by atoms with Gasteiger partial charge in [0.2, 0.25) is 0 Å². The summed E-state index contributed by atoms with van der Waals surface area (Å²) in [4.78, 5) is 9.34. The van der Waals surface area contributed by atoms with E-state index in [0.29, 0.717) is 12.5 Å². The van der Waals surface area contributed by atoms with Gasteiger partial charge in [-0.25, -0.2) is 9.97 Å². The van der Waals surface area contributed by atoms with Crippen molar-refractivity contribution in [3.63, 3.8) is 0 Å². The van der Waals surface area contributed by atoms with Crippen LogP contribution in [0.15, 0.2) is 30.3 Å². The zero-order chi connectivity index (χ0) is 16.8. The molecular weight excluding hydrogens is 300 g/mol. The summed E-state index contributed by atoms with van der Waals surface area (Å²) in [7, 11) is 1.69. The van der Waals surface area contributed by atoms with Crippen molar-refractivity contribution in [1.82, 2.24) is 15.3 Å². The first kappa shape index (κ1) is 16.9. The van der Waals surface area contributed by atoms with Crippen LogP contribution < -0.4 is 10.6 Å². The summed E-state index contributed by atoms with van der Waals surface area (Å²) in [6, 6.07) is 10.3. The van der Waals surface area contributed by atoms with Gasteiger partial charge in [0.1, 0.15) is 5.82 Å². The number of ether oxygens (including phenoxy) is 1. The van der Waals surface area contributed by atoms with Gasteiger partial charge in [0.25, 0.3) is 0 Å². The van der Waals surface area contributed by atoms with Gasteiger partial charge in [-0.15, -0.1) is 0 Å². The van der Waals surface area contributed by atoms with E-state index in [4.69, 9.17) is 9.72 Å². The van der Waals surface area contributed by atoms with Gasteiger partial charge in [-0.05, 0) is 38.8 Å². The van der Waals surface area contributed by atoms with Crippen molar-refractivity contribution < 1.29 is 4.74 Å². The first-order valence-electron chi connectivity index (χ1n) is 8.63. The third-order valence-corrected chi connectivity index (χ3v) is 4.41. The highest BCUT2D eigenvalue weighted by Gasteiger charge is 2.13. The van der Waals surface area contributed by atoms with Gasteiger partial charge < -0.3 is 15.4 Å². The summed E-state index contributed by atoms with van der Waals surface area (Å²) in [6.45, 7) is 5.75. The van der Waals surface area contributed by atoms with Gasteiger partial charge in [0.15, 0.2) is 5.82 Å². The predicted molar refractivity (Wildman–Crippen MR) is 97.0 cm³/mol. The second kappa shape index (κ2) is 8.22. The number of aryl methyl sites for hydroxylation is 1. The summed E-state index contributed by atoms with van der Waals surface area (Å²) in [5.41, 5.74) is 3.16. The average molecular weight is 326 g/mol. The number of piperidine rings is 1. The molecule has 1 aromatic heterocycles. The molecule has 0 aliphatic carbocycles. The van der Waals surface area contributed by atoms with Gasteiger partial charge in [-0.1, -0.05) is 29.8 Å². The van der Waals surface area contributed by atoms with Crippen molar-refractivity contribution in [3.8, 4) is 11.4 Å². The molecule has 2 heterocycles. The molecule has 128 valence electrons. The number of aromatic nitrogens is 2. The molecule has 1 aliphatic heterocycles. The Morgan fingerprint density at radius 3 is 2.62 bits per heavy atom. The van der Waals surface area contributed by atoms with Crippen LogP contribution >= 0.6 is 0 Å². The number of anilines is 1. The molecule has 24 heavy (non-hydrogen) atoms. The molecule has 0 unspecified atom stereocenters. The summed E-state index contributed by atoms with van der Waals surface area (Å²) < 4.78 is 5.26. The van der Waals surface area contributed by atoms with Crippen molar-refractivity contribution in [1.29, 1.82) is 0 Å². The minimum absolute atomic E-state index is 0.489. The maximum Gasteiger partial charge on any atom is 0.161 e. The quantitative estimate of drug-likeness (QED) is 0.854. The molecule has 3 rings (SSSR count). The second-order valence-electron chi connectivity index (χ2n) is 6.44.